The van der Waals surface area contributed by atoms with Crippen molar-refractivity contribution in [2.45, 2.75) is 51.6 Å². The van der Waals surface area contributed by atoms with Crippen LogP contribution in [0.4, 0.5) is 4.79 Å². The number of carboxylic acid groups (broad SMARTS) is 1. The highest BCUT2D eigenvalue weighted by atomic mass is 16.4. The Hall–Kier alpha value is -1.30. The van der Waals surface area contributed by atoms with Crippen molar-refractivity contribution in [1.82, 2.24) is 9.80 Å². The summed E-state index contributed by atoms with van der Waals surface area (Å²) < 4.78 is 0. The van der Waals surface area contributed by atoms with Crippen molar-refractivity contribution in [2.24, 2.45) is 11.1 Å². The molecule has 2 amide bonds. The van der Waals surface area contributed by atoms with E-state index in [1.165, 1.54) is 4.90 Å². The van der Waals surface area contributed by atoms with Gasteiger partial charge in [-0.05, 0) is 31.1 Å². The first kappa shape index (κ1) is 15.1. The number of carbonyl (C=O) groups is 2. The molecule has 0 aromatic carbocycles. The van der Waals surface area contributed by atoms with Gasteiger partial charge < -0.3 is 20.6 Å². The Kier molecular flexibility index (Phi) is 4.22. The smallest absolute Gasteiger partial charge is 0.327 e. The Balaban J connectivity index is 2.16. The van der Waals surface area contributed by atoms with Gasteiger partial charge in [0.15, 0.2) is 0 Å². The number of urea groups is 1. The molecule has 2 aliphatic rings. The molecule has 2 atom stereocenters. The third kappa shape index (κ3) is 2.90. The van der Waals surface area contributed by atoms with Crippen LogP contribution >= 0.6 is 0 Å². The largest absolute Gasteiger partial charge is 0.480 e. The fourth-order valence-corrected chi connectivity index (χ4v) is 3.43. The van der Waals surface area contributed by atoms with E-state index in [0.29, 0.717) is 19.6 Å². The van der Waals surface area contributed by atoms with Crippen LogP contribution in [0.25, 0.3) is 0 Å². The Labute approximate surface area is 119 Å². The highest BCUT2D eigenvalue weighted by molar-refractivity contribution is 5.83. The topological polar surface area (TPSA) is 86.9 Å². The van der Waals surface area contributed by atoms with Crippen LogP contribution in [-0.2, 0) is 4.79 Å². The first-order valence-corrected chi connectivity index (χ1v) is 7.37. The Morgan fingerprint density at radius 2 is 1.95 bits per heavy atom. The lowest BCUT2D eigenvalue weighted by atomic mass is 9.76. The third-order valence-electron chi connectivity index (χ3n) is 4.48. The number of carboxylic acids is 1. The molecule has 0 aromatic heterocycles. The summed E-state index contributed by atoms with van der Waals surface area (Å²) in [6, 6.07) is -0.906. The Morgan fingerprint density at radius 3 is 2.55 bits per heavy atom. The van der Waals surface area contributed by atoms with Gasteiger partial charge in [0.2, 0.25) is 0 Å². The van der Waals surface area contributed by atoms with E-state index >= 15 is 0 Å². The molecular weight excluding hydrogens is 258 g/mol. The second kappa shape index (κ2) is 5.60. The summed E-state index contributed by atoms with van der Waals surface area (Å²) in [6.07, 6.45) is 3.50. The minimum Gasteiger partial charge on any atom is -0.480 e. The van der Waals surface area contributed by atoms with Crippen LogP contribution in [0, 0.1) is 5.41 Å². The molecule has 2 rings (SSSR count). The van der Waals surface area contributed by atoms with Crippen LogP contribution in [0.3, 0.4) is 0 Å². The van der Waals surface area contributed by atoms with Crippen molar-refractivity contribution in [3.63, 3.8) is 0 Å². The maximum atomic E-state index is 12.6. The molecule has 114 valence electrons. The number of amides is 2. The summed E-state index contributed by atoms with van der Waals surface area (Å²) >= 11 is 0. The molecule has 2 fully saturated rings. The monoisotopic (exact) mass is 283 g/mol. The number of aliphatic carboxylic acids is 1. The second-order valence-corrected chi connectivity index (χ2v) is 6.66. The molecule has 0 spiro atoms. The van der Waals surface area contributed by atoms with E-state index in [9.17, 15) is 14.7 Å². The van der Waals surface area contributed by atoms with Gasteiger partial charge in [-0.15, -0.1) is 0 Å². The SMILES string of the molecule is CC1(C)CCCN(C(=O)N2CCCC(N)C2)C1C(=O)O. The summed E-state index contributed by atoms with van der Waals surface area (Å²) in [6.45, 7) is 5.57. The maximum Gasteiger partial charge on any atom is 0.327 e. The molecule has 2 aliphatic heterocycles. The highest BCUT2D eigenvalue weighted by Crippen LogP contribution is 2.36. The van der Waals surface area contributed by atoms with Gasteiger partial charge in [-0.25, -0.2) is 9.59 Å². The zero-order valence-corrected chi connectivity index (χ0v) is 12.3. The third-order valence-corrected chi connectivity index (χ3v) is 4.48. The van der Waals surface area contributed by atoms with Crippen LogP contribution < -0.4 is 5.73 Å². The molecule has 3 N–H and O–H groups in total. The molecule has 0 aliphatic carbocycles. The van der Waals surface area contributed by atoms with Crippen LogP contribution in [0.5, 0.6) is 0 Å². The summed E-state index contributed by atoms with van der Waals surface area (Å²) in [7, 11) is 0. The predicted molar refractivity (Wildman–Crippen MR) is 75.3 cm³/mol. The lowest BCUT2D eigenvalue weighted by Gasteiger charge is -2.46. The van der Waals surface area contributed by atoms with Gasteiger partial charge >= 0.3 is 12.0 Å². The van der Waals surface area contributed by atoms with E-state index in [-0.39, 0.29) is 12.1 Å². The zero-order valence-electron chi connectivity index (χ0n) is 12.3. The van der Waals surface area contributed by atoms with Crippen molar-refractivity contribution in [2.75, 3.05) is 19.6 Å². The fraction of sp³-hybridized carbons (Fsp3) is 0.857. The minimum atomic E-state index is -0.913. The first-order valence-electron chi connectivity index (χ1n) is 7.37. The number of nitrogens with zero attached hydrogens (tertiary/aromatic N) is 2. The van der Waals surface area contributed by atoms with Gasteiger partial charge in [0.25, 0.3) is 0 Å². The van der Waals surface area contributed by atoms with E-state index in [1.54, 1.807) is 4.90 Å². The van der Waals surface area contributed by atoms with Crippen molar-refractivity contribution < 1.29 is 14.7 Å². The van der Waals surface area contributed by atoms with Gasteiger partial charge in [-0.1, -0.05) is 13.8 Å². The van der Waals surface area contributed by atoms with Crippen LogP contribution in [0.15, 0.2) is 0 Å². The fourth-order valence-electron chi connectivity index (χ4n) is 3.43. The average Bonchev–Trinajstić information content (AvgIpc) is 2.35. The molecule has 6 heteroatoms. The van der Waals surface area contributed by atoms with Crippen LogP contribution in [-0.4, -0.2) is 58.6 Å². The van der Waals surface area contributed by atoms with E-state index in [0.717, 1.165) is 25.7 Å². The van der Waals surface area contributed by atoms with Gasteiger partial charge in [0.05, 0.1) is 0 Å². The molecule has 20 heavy (non-hydrogen) atoms. The first-order chi connectivity index (χ1) is 9.33. The molecule has 0 aromatic rings. The standard InChI is InChI=1S/C14H25N3O3/c1-14(2)6-4-8-17(11(14)12(18)19)13(20)16-7-3-5-10(15)9-16/h10-11H,3-9,15H2,1-2H3,(H,18,19). The highest BCUT2D eigenvalue weighted by Gasteiger charge is 2.45. The van der Waals surface area contributed by atoms with E-state index in [4.69, 9.17) is 5.73 Å². The van der Waals surface area contributed by atoms with Gasteiger partial charge in [0.1, 0.15) is 6.04 Å². The molecule has 2 heterocycles. The molecule has 0 bridgehead atoms. The number of hydrogen-bond donors (Lipinski definition) is 2. The second-order valence-electron chi connectivity index (χ2n) is 6.66. The normalized spacial score (nSPS) is 30.1. The summed E-state index contributed by atoms with van der Waals surface area (Å²) in [5.41, 5.74) is 5.52. The van der Waals surface area contributed by atoms with Crippen molar-refractivity contribution in [1.29, 1.82) is 0 Å². The van der Waals surface area contributed by atoms with E-state index < -0.39 is 17.4 Å². The van der Waals surface area contributed by atoms with E-state index in [1.807, 2.05) is 13.8 Å². The van der Waals surface area contributed by atoms with Gasteiger partial charge in [-0.3, -0.25) is 0 Å². The number of nitrogens with two attached hydrogens (primary N) is 1. The summed E-state index contributed by atoms with van der Waals surface area (Å²) in [5, 5.41) is 9.51. The van der Waals surface area contributed by atoms with Crippen molar-refractivity contribution >= 4 is 12.0 Å². The zero-order chi connectivity index (χ0) is 14.9. The number of rotatable bonds is 1. The maximum absolute atomic E-state index is 12.6. The van der Waals surface area contributed by atoms with Crippen LogP contribution in [0.2, 0.25) is 0 Å². The van der Waals surface area contributed by atoms with Crippen molar-refractivity contribution in [3.8, 4) is 0 Å². The van der Waals surface area contributed by atoms with Crippen LogP contribution in [0.1, 0.15) is 39.5 Å². The average molecular weight is 283 g/mol. The molecular formula is C14H25N3O3. The number of carbonyl (C=O) groups excluding carboxylic acids is 1. The Bertz CT molecular complexity index is 397. The Morgan fingerprint density at radius 1 is 1.25 bits per heavy atom. The quantitative estimate of drug-likeness (QED) is 0.754. The number of piperidine rings is 2. The lowest BCUT2D eigenvalue weighted by Crippen LogP contribution is -2.61. The molecule has 2 unspecified atom stereocenters. The molecule has 0 radical (unpaired) electrons. The molecule has 0 saturated carbocycles. The van der Waals surface area contributed by atoms with Gasteiger partial charge in [-0.2, -0.15) is 0 Å². The minimum absolute atomic E-state index is 0.00813. The number of likely N-dealkylation sites (tertiary alicyclic amines) is 2. The molecule has 6 nitrogen and oxygen atoms in total. The van der Waals surface area contributed by atoms with E-state index in [2.05, 4.69) is 0 Å². The summed E-state index contributed by atoms with van der Waals surface area (Å²) in [5.74, 6) is -0.913. The number of hydrogen-bond acceptors (Lipinski definition) is 3. The molecule has 2 saturated heterocycles. The predicted octanol–water partition coefficient (Wildman–Crippen LogP) is 1.10. The van der Waals surface area contributed by atoms with Gasteiger partial charge in [0, 0.05) is 25.7 Å². The lowest BCUT2D eigenvalue weighted by molar-refractivity contribution is -0.148. The summed E-state index contributed by atoms with van der Waals surface area (Å²) in [4.78, 5) is 27.5. The van der Waals surface area contributed by atoms with Crippen molar-refractivity contribution in [3.05, 3.63) is 0 Å².